The van der Waals surface area contributed by atoms with E-state index < -0.39 is 0 Å². The van der Waals surface area contributed by atoms with Gasteiger partial charge >= 0.3 is 0 Å². The summed E-state index contributed by atoms with van der Waals surface area (Å²) in [6, 6.07) is 0. The van der Waals surface area contributed by atoms with Crippen LogP contribution in [0.5, 0.6) is 0 Å². The fourth-order valence-electron chi connectivity index (χ4n) is 2.53. The Hall–Kier alpha value is -1.00. The number of rotatable bonds is 3. The Morgan fingerprint density at radius 3 is 2.65 bits per heavy atom. The van der Waals surface area contributed by atoms with Gasteiger partial charge in [0.15, 0.2) is 0 Å². The summed E-state index contributed by atoms with van der Waals surface area (Å²) in [6.07, 6.45) is 1.99. The lowest BCUT2D eigenvalue weighted by molar-refractivity contribution is -0.124. The molecule has 0 unspecified atom stereocenters. The van der Waals surface area contributed by atoms with Crippen molar-refractivity contribution in [1.82, 2.24) is 0 Å². The SMILES string of the molecule is C=NC(=O)C[C@@H]1C[C@@]2(C[C@@H](C(=C)C)O1)O[C@@H]2C. The van der Waals surface area contributed by atoms with E-state index in [1.165, 1.54) is 0 Å². The highest BCUT2D eigenvalue weighted by Gasteiger charge is 2.58. The largest absolute Gasteiger partial charge is 0.370 e. The number of carbonyl (C=O) groups is 1. The number of aliphatic imine (C=N–C) groups is 1. The predicted molar refractivity (Wildman–Crippen MR) is 65.2 cm³/mol. The summed E-state index contributed by atoms with van der Waals surface area (Å²) in [5.41, 5.74) is 0.879. The molecule has 2 saturated heterocycles. The third-order valence-electron chi connectivity index (χ3n) is 3.68. The average molecular weight is 237 g/mol. The maximum absolute atomic E-state index is 11.3. The maximum atomic E-state index is 11.3. The zero-order chi connectivity index (χ0) is 12.6. The molecule has 2 aliphatic rings. The van der Waals surface area contributed by atoms with Gasteiger partial charge in [-0.05, 0) is 20.6 Å². The van der Waals surface area contributed by atoms with Crippen molar-refractivity contribution in [3.63, 3.8) is 0 Å². The van der Waals surface area contributed by atoms with Crippen LogP contribution >= 0.6 is 0 Å². The van der Waals surface area contributed by atoms with Crippen molar-refractivity contribution in [2.75, 3.05) is 0 Å². The highest BCUT2D eigenvalue weighted by molar-refractivity contribution is 5.80. The molecule has 2 aliphatic heterocycles. The first kappa shape index (κ1) is 12.5. The van der Waals surface area contributed by atoms with E-state index in [1.54, 1.807) is 0 Å². The molecule has 1 spiro atoms. The molecule has 0 aromatic rings. The first-order valence-corrected chi connectivity index (χ1v) is 5.95. The fourth-order valence-corrected chi connectivity index (χ4v) is 2.53. The van der Waals surface area contributed by atoms with Crippen LogP contribution in [-0.4, -0.2) is 36.5 Å². The molecule has 0 N–H and O–H groups in total. The Morgan fingerprint density at radius 1 is 1.53 bits per heavy atom. The van der Waals surface area contributed by atoms with Crippen molar-refractivity contribution in [2.45, 2.75) is 57.0 Å². The molecule has 94 valence electrons. The standard InChI is InChI=1S/C13H19NO3/c1-8(2)11-7-13(9(3)17-13)6-10(16-11)5-12(15)14-4/h9-11H,1,4-7H2,2-3H3/t9-,10-,11+,13+/m1/s1. The summed E-state index contributed by atoms with van der Waals surface area (Å²) in [4.78, 5) is 14.7. The van der Waals surface area contributed by atoms with E-state index in [-0.39, 0.29) is 36.2 Å². The van der Waals surface area contributed by atoms with E-state index in [0.717, 1.165) is 18.4 Å². The van der Waals surface area contributed by atoms with E-state index in [1.807, 2.05) is 6.92 Å². The molecule has 0 saturated carbocycles. The van der Waals surface area contributed by atoms with Crippen LogP contribution in [0.15, 0.2) is 17.1 Å². The smallest absolute Gasteiger partial charge is 0.247 e. The molecule has 0 aliphatic carbocycles. The van der Waals surface area contributed by atoms with Gasteiger partial charge in [0.2, 0.25) is 5.91 Å². The van der Waals surface area contributed by atoms with E-state index in [9.17, 15) is 4.79 Å². The summed E-state index contributed by atoms with van der Waals surface area (Å²) >= 11 is 0. The molecular weight excluding hydrogens is 218 g/mol. The van der Waals surface area contributed by atoms with Gasteiger partial charge in [0, 0.05) is 12.8 Å². The molecule has 2 fully saturated rings. The number of hydrogen-bond donors (Lipinski definition) is 0. The van der Waals surface area contributed by atoms with Crippen molar-refractivity contribution < 1.29 is 14.3 Å². The van der Waals surface area contributed by atoms with Crippen molar-refractivity contribution in [3.8, 4) is 0 Å². The van der Waals surface area contributed by atoms with Crippen molar-refractivity contribution in [1.29, 1.82) is 0 Å². The molecule has 4 heteroatoms. The minimum Gasteiger partial charge on any atom is -0.370 e. The van der Waals surface area contributed by atoms with Crippen LogP contribution < -0.4 is 0 Å². The van der Waals surface area contributed by atoms with E-state index >= 15 is 0 Å². The fraction of sp³-hybridized carbons (Fsp3) is 0.692. The summed E-state index contributed by atoms with van der Waals surface area (Å²) in [5, 5.41) is 0. The minimum atomic E-state index is -0.221. The maximum Gasteiger partial charge on any atom is 0.247 e. The molecule has 4 nitrogen and oxygen atoms in total. The summed E-state index contributed by atoms with van der Waals surface area (Å²) < 4.78 is 11.5. The third-order valence-corrected chi connectivity index (χ3v) is 3.68. The zero-order valence-electron chi connectivity index (χ0n) is 10.4. The van der Waals surface area contributed by atoms with Gasteiger partial charge in [0.1, 0.15) is 0 Å². The van der Waals surface area contributed by atoms with Crippen molar-refractivity contribution in [3.05, 3.63) is 12.2 Å². The van der Waals surface area contributed by atoms with E-state index in [0.29, 0.717) is 0 Å². The highest BCUT2D eigenvalue weighted by Crippen LogP contribution is 2.49. The number of amides is 1. The predicted octanol–water partition coefficient (Wildman–Crippen LogP) is 1.88. The van der Waals surface area contributed by atoms with Gasteiger partial charge in [-0.25, -0.2) is 4.99 Å². The van der Waals surface area contributed by atoms with Crippen molar-refractivity contribution in [2.24, 2.45) is 4.99 Å². The Morgan fingerprint density at radius 2 is 2.18 bits per heavy atom. The van der Waals surface area contributed by atoms with Crippen molar-refractivity contribution >= 4 is 12.6 Å². The zero-order valence-corrected chi connectivity index (χ0v) is 10.4. The molecule has 2 rings (SSSR count). The van der Waals surface area contributed by atoms with Gasteiger partial charge in [-0.15, -0.1) is 0 Å². The van der Waals surface area contributed by atoms with Crippen LogP contribution in [0.1, 0.15) is 33.1 Å². The second-order valence-corrected chi connectivity index (χ2v) is 5.08. The number of carbonyl (C=O) groups excluding carboxylic acids is 1. The van der Waals surface area contributed by atoms with Gasteiger partial charge in [0.25, 0.3) is 0 Å². The minimum absolute atomic E-state index is 0.0173. The lowest BCUT2D eigenvalue weighted by Gasteiger charge is -2.34. The van der Waals surface area contributed by atoms with E-state index in [4.69, 9.17) is 9.47 Å². The molecule has 1 amide bonds. The van der Waals surface area contributed by atoms with E-state index in [2.05, 4.69) is 25.2 Å². The average Bonchev–Trinajstić information content (AvgIpc) is 2.86. The van der Waals surface area contributed by atoms with Gasteiger partial charge < -0.3 is 9.47 Å². The summed E-state index contributed by atoms with van der Waals surface area (Å²) in [7, 11) is 0. The van der Waals surface area contributed by atoms with Crippen LogP contribution in [0, 0.1) is 0 Å². The topological polar surface area (TPSA) is 51.2 Å². The van der Waals surface area contributed by atoms with Crippen LogP contribution in [0.2, 0.25) is 0 Å². The van der Waals surface area contributed by atoms with Crippen LogP contribution in [0.25, 0.3) is 0 Å². The van der Waals surface area contributed by atoms with Crippen LogP contribution in [0.3, 0.4) is 0 Å². The first-order chi connectivity index (χ1) is 7.97. The Balaban J connectivity index is 2.05. The molecule has 0 bridgehead atoms. The second kappa shape index (κ2) is 4.35. The lowest BCUT2D eigenvalue weighted by atomic mass is 9.86. The molecule has 17 heavy (non-hydrogen) atoms. The van der Waals surface area contributed by atoms with Gasteiger partial charge in [-0.1, -0.05) is 12.2 Å². The Labute approximate surface area is 102 Å². The summed E-state index contributed by atoms with van der Waals surface area (Å²) in [5.74, 6) is -0.221. The lowest BCUT2D eigenvalue weighted by Crippen LogP contribution is -2.40. The van der Waals surface area contributed by atoms with Gasteiger partial charge in [0.05, 0.1) is 30.3 Å². The van der Waals surface area contributed by atoms with Gasteiger partial charge in [-0.3, -0.25) is 4.79 Å². The Bertz CT molecular complexity index is 366. The quantitative estimate of drug-likeness (QED) is 0.428. The Kier molecular flexibility index (Phi) is 3.19. The first-order valence-electron chi connectivity index (χ1n) is 5.95. The third kappa shape index (κ3) is 2.48. The second-order valence-electron chi connectivity index (χ2n) is 5.08. The van der Waals surface area contributed by atoms with Gasteiger partial charge in [-0.2, -0.15) is 0 Å². The normalized spacial score (nSPS) is 40.0. The molecule has 0 aromatic carbocycles. The van der Waals surface area contributed by atoms with Crippen LogP contribution in [0.4, 0.5) is 0 Å². The highest BCUT2D eigenvalue weighted by atomic mass is 16.6. The number of nitrogens with zero attached hydrogens (tertiary/aromatic N) is 1. The number of epoxide rings is 1. The molecule has 0 aromatic heterocycles. The molecular formula is C13H19NO3. The monoisotopic (exact) mass is 237 g/mol. The molecule has 2 heterocycles. The van der Waals surface area contributed by atoms with Crippen LogP contribution in [-0.2, 0) is 14.3 Å². The molecule has 0 radical (unpaired) electrons. The summed E-state index contributed by atoms with van der Waals surface area (Å²) in [6.45, 7) is 11.2. The molecule has 4 atom stereocenters. The number of hydrogen-bond acceptors (Lipinski definition) is 3. The number of ether oxygens (including phenoxy) is 2.